The van der Waals surface area contributed by atoms with Gasteiger partial charge < -0.3 is 20.1 Å². The summed E-state index contributed by atoms with van der Waals surface area (Å²) in [6.07, 6.45) is 0.908. The van der Waals surface area contributed by atoms with Crippen LogP contribution in [0.4, 0.5) is 5.69 Å². The first-order valence-corrected chi connectivity index (χ1v) is 6.84. The maximum absolute atomic E-state index is 7.43. The van der Waals surface area contributed by atoms with Gasteiger partial charge in [-0.3, -0.25) is 5.41 Å². The highest BCUT2D eigenvalue weighted by atomic mass is 35.5. The van der Waals surface area contributed by atoms with E-state index in [2.05, 4.69) is 4.90 Å². The molecule has 0 aliphatic carbocycles. The Morgan fingerprint density at radius 1 is 1.25 bits per heavy atom. The fourth-order valence-corrected chi connectivity index (χ4v) is 2.18. The van der Waals surface area contributed by atoms with E-state index in [9.17, 15) is 0 Å². The normalized spacial score (nSPS) is 10.6. The van der Waals surface area contributed by atoms with Gasteiger partial charge in [-0.15, -0.1) is 0 Å². The molecule has 0 amide bonds. The van der Waals surface area contributed by atoms with Gasteiger partial charge in [0, 0.05) is 39.5 Å². The molecule has 1 aromatic carbocycles. The molecule has 0 fully saturated rings. The number of amidine groups is 1. The summed E-state index contributed by atoms with van der Waals surface area (Å²) in [6, 6.07) is 5.41. The van der Waals surface area contributed by atoms with Crippen LogP contribution in [0.2, 0.25) is 5.02 Å². The minimum Gasteiger partial charge on any atom is -0.385 e. The van der Waals surface area contributed by atoms with E-state index in [-0.39, 0.29) is 5.84 Å². The number of benzene rings is 1. The molecule has 0 bridgehead atoms. The van der Waals surface area contributed by atoms with E-state index in [1.807, 2.05) is 6.07 Å². The molecule has 0 unspecified atom stereocenters. The van der Waals surface area contributed by atoms with Crippen LogP contribution >= 0.6 is 11.6 Å². The van der Waals surface area contributed by atoms with Gasteiger partial charge in [0.25, 0.3) is 0 Å². The maximum Gasteiger partial charge on any atom is 0.122 e. The lowest BCUT2D eigenvalue weighted by Crippen LogP contribution is -2.29. The quantitative estimate of drug-likeness (QED) is 0.416. The molecule has 0 spiro atoms. The summed E-state index contributed by atoms with van der Waals surface area (Å²) >= 11 is 6.29. The first kappa shape index (κ1) is 16.8. The molecule has 6 heteroatoms. The standard InChI is InChI=1S/C14H22ClN3O2/c1-19-8-3-6-18(7-9-20-2)13-5-4-11(14(16)17)10-12(13)15/h4-5,10H,3,6-9H2,1-2H3,(H3,16,17). The Hall–Kier alpha value is -1.30. The molecule has 5 nitrogen and oxygen atoms in total. The lowest BCUT2D eigenvalue weighted by Gasteiger charge is -2.25. The third kappa shape index (κ3) is 5.00. The van der Waals surface area contributed by atoms with Crippen LogP contribution < -0.4 is 10.6 Å². The number of nitrogens with one attached hydrogen (secondary N) is 1. The number of hydrogen-bond donors (Lipinski definition) is 2. The molecule has 0 heterocycles. The van der Waals surface area contributed by atoms with E-state index in [4.69, 9.17) is 32.2 Å². The summed E-state index contributed by atoms with van der Waals surface area (Å²) in [5.74, 6) is 0.0151. The summed E-state index contributed by atoms with van der Waals surface area (Å²) < 4.78 is 10.2. The van der Waals surface area contributed by atoms with Crippen LogP contribution in [0.25, 0.3) is 0 Å². The van der Waals surface area contributed by atoms with Crippen molar-refractivity contribution in [3.63, 3.8) is 0 Å². The highest BCUT2D eigenvalue weighted by Gasteiger charge is 2.11. The minimum atomic E-state index is 0.0151. The van der Waals surface area contributed by atoms with Crippen LogP contribution in [0.3, 0.4) is 0 Å². The second-order valence-corrected chi connectivity index (χ2v) is 4.81. The van der Waals surface area contributed by atoms with Crippen molar-refractivity contribution in [3.8, 4) is 0 Å². The number of halogens is 1. The van der Waals surface area contributed by atoms with Crippen LogP contribution in [0.1, 0.15) is 12.0 Å². The molecular formula is C14H22ClN3O2. The molecule has 0 aromatic heterocycles. The molecule has 0 aliphatic rings. The lowest BCUT2D eigenvalue weighted by atomic mass is 10.1. The number of methoxy groups -OCH3 is 2. The van der Waals surface area contributed by atoms with Gasteiger partial charge in [0.15, 0.2) is 0 Å². The molecule has 0 aliphatic heterocycles. The van der Waals surface area contributed by atoms with Crippen molar-refractivity contribution in [2.45, 2.75) is 6.42 Å². The largest absolute Gasteiger partial charge is 0.385 e. The number of nitrogens with two attached hydrogens (primary N) is 1. The highest BCUT2D eigenvalue weighted by molar-refractivity contribution is 6.33. The van der Waals surface area contributed by atoms with Gasteiger partial charge in [-0.25, -0.2) is 0 Å². The number of nitrogen functional groups attached to an aromatic ring is 1. The molecule has 112 valence electrons. The number of hydrogen-bond acceptors (Lipinski definition) is 4. The smallest absolute Gasteiger partial charge is 0.122 e. The van der Waals surface area contributed by atoms with E-state index in [0.29, 0.717) is 23.8 Å². The van der Waals surface area contributed by atoms with E-state index in [1.165, 1.54) is 0 Å². The Bertz CT molecular complexity index is 440. The minimum absolute atomic E-state index is 0.0151. The van der Waals surface area contributed by atoms with Crippen LogP contribution in [0.15, 0.2) is 18.2 Å². The zero-order valence-electron chi connectivity index (χ0n) is 12.0. The molecule has 1 rings (SSSR count). The fraction of sp³-hybridized carbons (Fsp3) is 0.500. The molecular weight excluding hydrogens is 278 g/mol. The fourth-order valence-electron chi connectivity index (χ4n) is 1.88. The predicted molar refractivity (Wildman–Crippen MR) is 83.1 cm³/mol. The topological polar surface area (TPSA) is 71.6 Å². The lowest BCUT2D eigenvalue weighted by molar-refractivity contribution is 0.191. The first-order valence-electron chi connectivity index (χ1n) is 6.47. The summed E-state index contributed by atoms with van der Waals surface area (Å²) in [4.78, 5) is 2.15. The number of anilines is 1. The van der Waals surface area contributed by atoms with E-state index in [0.717, 1.165) is 25.2 Å². The Morgan fingerprint density at radius 3 is 2.50 bits per heavy atom. The highest BCUT2D eigenvalue weighted by Crippen LogP contribution is 2.27. The number of rotatable bonds is 9. The van der Waals surface area contributed by atoms with Gasteiger partial charge in [-0.1, -0.05) is 11.6 Å². The predicted octanol–water partition coefficient (Wildman–Crippen LogP) is 2.11. The average Bonchev–Trinajstić information content (AvgIpc) is 2.43. The van der Waals surface area contributed by atoms with Gasteiger partial charge in [-0.2, -0.15) is 0 Å². The van der Waals surface area contributed by atoms with Crippen molar-refractivity contribution < 1.29 is 9.47 Å². The monoisotopic (exact) mass is 299 g/mol. The molecule has 0 saturated carbocycles. The molecule has 0 radical (unpaired) electrons. The van der Waals surface area contributed by atoms with Gasteiger partial charge >= 0.3 is 0 Å². The van der Waals surface area contributed by atoms with Crippen molar-refractivity contribution in [3.05, 3.63) is 28.8 Å². The summed E-state index contributed by atoms with van der Waals surface area (Å²) in [7, 11) is 3.36. The van der Waals surface area contributed by atoms with Crippen LogP contribution in [-0.2, 0) is 9.47 Å². The second-order valence-electron chi connectivity index (χ2n) is 4.41. The summed E-state index contributed by atoms with van der Waals surface area (Å²) in [5, 5.41) is 8.01. The van der Waals surface area contributed by atoms with Crippen molar-refractivity contribution in [2.75, 3.05) is 45.4 Å². The van der Waals surface area contributed by atoms with Crippen molar-refractivity contribution >= 4 is 23.1 Å². The Kier molecular flexibility index (Phi) is 7.36. The average molecular weight is 300 g/mol. The van der Waals surface area contributed by atoms with Gasteiger partial charge in [0.2, 0.25) is 0 Å². The summed E-state index contributed by atoms with van der Waals surface area (Å²) in [5.41, 5.74) is 7.01. The number of nitrogens with zero attached hydrogens (tertiary/aromatic N) is 1. The van der Waals surface area contributed by atoms with Crippen LogP contribution in [0, 0.1) is 5.41 Å². The van der Waals surface area contributed by atoms with Crippen LogP contribution in [-0.4, -0.2) is 46.4 Å². The first-order chi connectivity index (χ1) is 9.60. The summed E-state index contributed by atoms with van der Waals surface area (Å²) in [6.45, 7) is 2.90. The van der Waals surface area contributed by atoms with Gasteiger partial charge in [-0.05, 0) is 24.6 Å². The number of ether oxygens (including phenoxy) is 2. The van der Waals surface area contributed by atoms with E-state index < -0.39 is 0 Å². The maximum atomic E-state index is 7.43. The molecule has 1 aromatic rings. The Balaban J connectivity index is 2.85. The van der Waals surface area contributed by atoms with Gasteiger partial charge in [0.05, 0.1) is 17.3 Å². The third-order valence-corrected chi connectivity index (χ3v) is 3.24. The molecule has 0 atom stereocenters. The molecule has 0 saturated heterocycles. The van der Waals surface area contributed by atoms with Crippen LogP contribution in [0.5, 0.6) is 0 Å². The molecule has 3 N–H and O–H groups in total. The van der Waals surface area contributed by atoms with Crippen molar-refractivity contribution in [1.82, 2.24) is 0 Å². The zero-order chi connectivity index (χ0) is 15.0. The second kappa shape index (κ2) is 8.79. The van der Waals surface area contributed by atoms with E-state index in [1.54, 1.807) is 26.4 Å². The third-order valence-electron chi connectivity index (χ3n) is 2.94. The van der Waals surface area contributed by atoms with Crippen molar-refractivity contribution in [2.24, 2.45) is 5.73 Å². The van der Waals surface area contributed by atoms with Crippen molar-refractivity contribution in [1.29, 1.82) is 5.41 Å². The zero-order valence-corrected chi connectivity index (χ0v) is 12.7. The molecule has 20 heavy (non-hydrogen) atoms. The van der Waals surface area contributed by atoms with E-state index >= 15 is 0 Å². The SMILES string of the molecule is COCCCN(CCOC)c1ccc(C(=N)N)cc1Cl. The van der Waals surface area contributed by atoms with Gasteiger partial charge in [0.1, 0.15) is 5.84 Å². The Labute approximate surface area is 125 Å². The Morgan fingerprint density at radius 2 is 1.95 bits per heavy atom.